The van der Waals surface area contributed by atoms with Gasteiger partial charge in [0, 0.05) is 23.5 Å². The molecule has 1 fully saturated rings. The number of halogens is 1. The number of nitrogens with two attached hydrogens (primary N) is 1. The van der Waals surface area contributed by atoms with E-state index in [9.17, 15) is 18.8 Å². The van der Waals surface area contributed by atoms with E-state index in [1.807, 2.05) is 0 Å². The Labute approximate surface area is 189 Å². The van der Waals surface area contributed by atoms with Crippen LogP contribution in [0, 0.1) is 5.82 Å². The van der Waals surface area contributed by atoms with Crippen molar-refractivity contribution in [1.82, 2.24) is 20.0 Å². The number of carbonyl (C=O) groups is 3. The van der Waals surface area contributed by atoms with Gasteiger partial charge in [-0.15, -0.1) is 0 Å². The third kappa shape index (κ3) is 4.79. The van der Waals surface area contributed by atoms with Crippen molar-refractivity contribution in [2.75, 3.05) is 13.7 Å². The molecule has 2 aromatic carbocycles. The highest BCUT2D eigenvalue weighted by Gasteiger charge is 2.34. The van der Waals surface area contributed by atoms with Gasteiger partial charge in [0.05, 0.1) is 19.2 Å². The molecule has 1 aromatic heterocycles. The molecule has 1 aliphatic rings. The normalized spacial score (nSPS) is 13.0. The van der Waals surface area contributed by atoms with Crippen LogP contribution in [0.15, 0.2) is 42.5 Å². The van der Waals surface area contributed by atoms with E-state index in [0.29, 0.717) is 10.9 Å². The van der Waals surface area contributed by atoms with Crippen molar-refractivity contribution in [3.05, 3.63) is 59.5 Å². The van der Waals surface area contributed by atoms with Gasteiger partial charge in [-0.1, -0.05) is 30.3 Å². The van der Waals surface area contributed by atoms with Crippen LogP contribution >= 0.6 is 0 Å². The SMILES string of the molecule is COc1cccc(CNC(=O)CN(C(=O)Cn2nc(C(N)=O)c3ccccc32)C2CC2)c1F. The zero-order chi connectivity index (χ0) is 23.5. The van der Waals surface area contributed by atoms with Gasteiger partial charge in [0.15, 0.2) is 17.3 Å². The van der Waals surface area contributed by atoms with E-state index in [1.165, 1.54) is 22.8 Å². The molecule has 0 bridgehead atoms. The maximum atomic E-state index is 14.3. The Morgan fingerprint density at radius 3 is 2.67 bits per heavy atom. The molecule has 3 N–H and O–H groups in total. The number of benzene rings is 2. The summed E-state index contributed by atoms with van der Waals surface area (Å²) >= 11 is 0. The largest absolute Gasteiger partial charge is 0.494 e. The van der Waals surface area contributed by atoms with Crippen LogP contribution in [-0.2, 0) is 22.7 Å². The molecule has 0 saturated heterocycles. The molecule has 0 aliphatic heterocycles. The fourth-order valence-corrected chi connectivity index (χ4v) is 3.71. The van der Waals surface area contributed by atoms with Gasteiger partial charge in [-0.3, -0.25) is 19.1 Å². The standard InChI is InChI=1S/C23H24FN5O4/c1-33-18-8-4-5-14(21(18)24)11-26-19(30)12-28(15-9-10-15)20(31)13-29-17-7-3-2-6-16(17)22(27-29)23(25)32/h2-8,15H,9-13H2,1H3,(H2,25,32)(H,26,30). The van der Waals surface area contributed by atoms with Gasteiger partial charge < -0.3 is 20.7 Å². The van der Waals surface area contributed by atoms with Crippen molar-refractivity contribution in [3.8, 4) is 5.75 Å². The van der Waals surface area contributed by atoms with E-state index in [1.54, 1.807) is 36.4 Å². The minimum absolute atomic E-state index is 0.0275. The summed E-state index contributed by atoms with van der Waals surface area (Å²) in [4.78, 5) is 38.8. The molecule has 33 heavy (non-hydrogen) atoms. The van der Waals surface area contributed by atoms with E-state index < -0.39 is 17.6 Å². The molecule has 3 aromatic rings. The second kappa shape index (κ2) is 9.27. The predicted octanol–water partition coefficient (Wildman–Crippen LogP) is 1.59. The number of para-hydroxylation sites is 1. The van der Waals surface area contributed by atoms with E-state index >= 15 is 0 Å². The van der Waals surface area contributed by atoms with Crippen LogP contribution in [0.4, 0.5) is 4.39 Å². The Balaban J connectivity index is 1.44. The van der Waals surface area contributed by atoms with Gasteiger partial charge in [0.1, 0.15) is 6.54 Å². The molecular weight excluding hydrogens is 429 g/mol. The first-order valence-corrected chi connectivity index (χ1v) is 10.5. The number of amides is 3. The first kappa shape index (κ1) is 22.3. The van der Waals surface area contributed by atoms with E-state index in [4.69, 9.17) is 10.5 Å². The van der Waals surface area contributed by atoms with Gasteiger partial charge >= 0.3 is 0 Å². The number of primary amides is 1. The Bertz CT molecular complexity index is 1220. The Kier molecular flexibility index (Phi) is 6.25. The van der Waals surface area contributed by atoms with Crippen molar-refractivity contribution < 1.29 is 23.5 Å². The summed E-state index contributed by atoms with van der Waals surface area (Å²) in [5.41, 5.74) is 6.40. The highest BCUT2D eigenvalue weighted by molar-refractivity contribution is 6.04. The minimum atomic E-state index is -0.680. The summed E-state index contributed by atoms with van der Waals surface area (Å²) in [6.45, 7) is -0.320. The lowest BCUT2D eigenvalue weighted by Crippen LogP contribution is -2.43. The average molecular weight is 453 g/mol. The first-order chi connectivity index (χ1) is 15.9. The molecule has 3 amide bonds. The van der Waals surface area contributed by atoms with Crippen LogP contribution < -0.4 is 15.8 Å². The van der Waals surface area contributed by atoms with E-state index in [0.717, 1.165) is 12.8 Å². The lowest BCUT2D eigenvalue weighted by Gasteiger charge is -2.22. The summed E-state index contributed by atoms with van der Waals surface area (Å²) in [7, 11) is 1.37. The van der Waals surface area contributed by atoms with Crippen LogP contribution in [0.25, 0.3) is 10.9 Å². The molecule has 9 nitrogen and oxygen atoms in total. The smallest absolute Gasteiger partial charge is 0.269 e. The maximum Gasteiger partial charge on any atom is 0.269 e. The van der Waals surface area contributed by atoms with Crippen molar-refractivity contribution in [2.24, 2.45) is 5.73 Å². The van der Waals surface area contributed by atoms with Gasteiger partial charge in [0.25, 0.3) is 5.91 Å². The number of hydrogen-bond donors (Lipinski definition) is 2. The van der Waals surface area contributed by atoms with Gasteiger partial charge in [-0.2, -0.15) is 5.10 Å². The van der Waals surface area contributed by atoms with Crippen molar-refractivity contribution in [3.63, 3.8) is 0 Å². The maximum absolute atomic E-state index is 14.3. The molecule has 1 heterocycles. The molecular formula is C23H24FN5O4. The van der Waals surface area contributed by atoms with Crippen LogP contribution in [0.3, 0.4) is 0 Å². The second-order valence-corrected chi connectivity index (χ2v) is 7.85. The lowest BCUT2D eigenvalue weighted by atomic mass is 10.2. The summed E-state index contributed by atoms with van der Waals surface area (Å²) in [5, 5.41) is 7.44. The monoisotopic (exact) mass is 453 g/mol. The van der Waals surface area contributed by atoms with Crippen LogP contribution in [0.2, 0.25) is 0 Å². The molecule has 172 valence electrons. The number of nitrogens with one attached hydrogen (secondary N) is 1. The van der Waals surface area contributed by atoms with Crippen LogP contribution in [0.5, 0.6) is 5.75 Å². The summed E-state index contributed by atoms with van der Waals surface area (Å²) < 4.78 is 20.7. The van der Waals surface area contributed by atoms with Crippen molar-refractivity contribution >= 4 is 28.6 Å². The minimum Gasteiger partial charge on any atom is -0.494 e. The first-order valence-electron chi connectivity index (χ1n) is 10.5. The number of aromatic nitrogens is 2. The van der Waals surface area contributed by atoms with E-state index in [-0.39, 0.29) is 48.6 Å². The highest BCUT2D eigenvalue weighted by Crippen LogP contribution is 2.27. The zero-order valence-corrected chi connectivity index (χ0v) is 18.1. The third-order valence-corrected chi connectivity index (χ3v) is 5.54. The highest BCUT2D eigenvalue weighted by atomic mass is 19.1. The number of rotatable bonds is 9. The molecule has 0 atom stereocenters. The number of fused-ring (bicyclic) bond motifs is 1. The molecule has 1 saturated carbocycles. The van der Waals surface area contributed by atoms with Gasteiger partial charge in [0.2, 0.25) is 11.8 Å². The van der Waals surface area contributed by atoms with E-state index in [2.05, 4.69) is 10.4 Å². The topological polar surface area (TPSA) is 120 Å². The molecule has 0 radical (unpaired) electrons. The molecule has 10 heteroatoms. The number of nitrogens with zero attached hydrogens (tertiary/aromatic N) is 3. The molecule has 0 spiro atoms. The molecule has 4 rings (SSSR count). The van der Waals surface area contributed by atoms with Crippen molar-refractivity contribution in [1.29, 1.82) is 0 Å². The molecule has 0 unspecified atom stereocenters. The van der Waals surface area contributed by atoms with Crippen LogP contribution in [0.1, 0.15) is 28.9 Å². The Morgan fingerprint density at radius 1 is 1.21 bits per heavy atom. The fourth-order valence-electron chi connectivity index (χ4n) is 3.71. The van der Waals surface area contributed by atoms with Crippen LogP contribution in [-0.4, -0.2) is 52.1 Å². The Hall–Kier alpha value is -3.95. The number of methoxy groups -OCH3 is 1. The Morgan fingerprint density at radius 2 is 1.97 bits per heavy atom. The quantitative estimate of drug-likeness (QED) is 0.510. The number of ether oxygens (including phenoxy) is 1. The zero-order valence-electron chi connectivity index (χ0n) is 18.1. The number of carbonyl (C=O) groups excluding carboxylic acids is 3. The van der Waals surface area contributed by atoms with Crippen molar-refractivity contribution in [2.45, 2.75) is 32.0 Å². The lowest BCUT2D eigenvalue weighted by molar-refractivity contribution is -0.137. The fraction of sp³-hybridized carbons (Fsp3) is 0.304. The average Bonchev–Trinajstić information content (AvgIpc) is 3.58. The number of hydrogen-bond acceptors (Lipinski definition) is 5. The second-order valence-electron chi connectivity index (χ2n) is 7.85. The summed E-state index contributed by atoms with van der Waals surface area (Å²) in [6.07, 6.45) is 1.60. The molecule has 1 aliphatic carbocycles. The summed E-state index contributed by atoms with van der Waals surface area (Å²) in [6, 6.07) is 11.7. The van der Waals surface area contributed by atoms with Gasteiger partial charge in [-0.25, -0.2) is 4.39 Å². The summed E-state index contributed by atoms with van der Waals surface area (Å²) in [5.74, 6) is -1.82. The third-order valence-electron chi connectivity index (χ3n) is 5.54. The van der Waals surface area contributed by atoms with Gasteiger partial charge in [-0.05, 0) is 25.0 Å². The predicted molar refractivity (Wildman–Crippen MR) is 118 cm³/mol.